The molecule has 0 amide bonds. The molecule has 0 aliphatic carbocycles. The number of rotatable bonds is 3. The van der Waals surface area contributed by atoms with E-state index in [1.165, 1.54) is 0 Å². The average molecular weight is 237 g/mol. The minimum atomic E-state index is -0.128. The van der Waals surface area contributed by atoms with Crippen molar-refractivity contribution in [1.29, 1.82) is 5.26 Å². The maximum Gasteiger partial charge on any atom is 0.113 e. The summed E-state index contributed by atoms with van der Waals surface area (Å²) in [5, 5.41) is 8.90. The molecule has 18 heavy (non-hydrogen) atoms. The van der Waals surface area contributed by atoms with Crippen molar-refractivity contribution in [2.45, 2.75) is 13.0 Å². The first-order chi connectivity index (χ1) is 8.72. The van der Waals surface area contributed by atoms with Crippen LogP contribution in [0.3, 0.4) is 0 Å². The Morgan fingerprint density at radius 2 is 1.61 bits per heavy atom. The minimum Gasteiger partial charge on any atom is -0.359 e. The molecular weight excluding hydrogens is 222 g/mol. The van der Waals surface area contributed by atoms with Gasteiger partial charge in [-0.3, -0.25) is 4.98 Å². The van der Waals surface area contributed by atoms with Gasteiger partial charge in [0, 0.05) is 25.1 Å². The smallest absolute Gasteiger partial charge is 0.113 e. The molecule has 2 rings (SSSR count). The SMILES string of the molecule is CC(C#N)N(C)c1ccc(-c2ccncc2)cc1. The molecule has 2 aromatic rings. The largest absolute Gasteiger partial charge is 0.359 e. The van der Waals surface area contributed by atoms with Gasteiger partial charge in [-0.15, -0.1) is 0 Å². The van der Waals surface area contributed by atoms with Gasteiger partial charge in [0.05, 0.1) is 6.07 Å². The topological polar surface area (TPSA) is 39.9 Å². The van der Waals surface area contributed by atoms with Crippen molar-refractivity contribution in [2.24, 2.45) is 0 Å². The number of hydrogen-bond donors (Lipinski definition) is 0. The Bertz CT molecular complexity index is 540. The molecule has 1 heterocycles. The lowest BCUT2D eigenvalue weighted by Crippen LogP contribution is -2.26. The molecule has 90 valence electrons. The van der Waals surface area contributed by atoms with E-state index < -0.39 is 0 Å². The van der Waals surface area contributed by atoms with Crippen LogP contribution in [0.4, 0.5) is 5.69 Å². The highest BCUT2D eigenvalue weighted by Crippen LogP contribution is 2.22. The molecule has 3 nitrogen and oxygen atoms in total. The van der Waals surface area contributed by atoms with Crippen molar-refractivity contribution in [1.82, 2.24) is 4.98 Å². The van der Waals surface area contributed by atoms with Gasteiger partial charge in [-0.2, -0.15) is 5.26 Å². The predicted octanol–water partition coefficient (Wildman–Crippen LogP) is 3.10. The van der Waals surface area contributed by atoms with Crippen molar-refractivity contribution in [3.63, 3.8) is 0 Å². The van der Waals surface area contributed by atoms with Crippen molar-refractivity contribution < 1.29 is 0 Å². The third-order valence-corrected chi connectivity index (χ3v) is 3.06. The van der Waals surface area contributed by atoms with Crippen LogP contribution in [0.15, 0.2) is 48.8 Å². The van der Waals surface area contributed by atoms with Crippen molar-refractivity contribution in [3.05, 3.63) is 48.8 Å². The maximum absolute atomic E-state index is 8.90. The molecule has 1 aromatic heterocycles. The monoisotopic (exact) mass is 237 g/mol. The van der Waals surface area contributed by atoms with Gasteiger partial charge in [0.1, 0.15) is 6.04 Å². The van der Waals surface area contributed by atoms with Gasteiger partial charge in [0.15, 0.2) is 0 Å². The van der Waals surface area contributed by atoms with Gasteiger partial charge in [0.2, 0.25) is 0 Å². The highest BCUT2D eigenvalue weighted by molar-refractivity contribution is 5.66. The molecule has 0 fully saturated rings. The normalized spacial score (nSPS) is 11.6. The number of anilines is 1. The summed E-state index contributed by atoms with van der Waals surface area (Å²) in [6.45, 7) is 1.89. The Morgan fingerprint density at radius 1 is 1.06 bits per heavy atom. The van der Waals surface area contributed by atoms with Gasteiger partial charge in [-0.25, -0.2) is 0 Å². The van der Waals surface area contributed by atoms with E-state index in [0.29, 0.717) is 0 Å². The molecule has 0 spiro atoms. The Morgan fingerprint density at radius 3 is 2.17 bits per heavy atom. The molecular formula is C15H15N3. The van der Waals surface area contributed by atoms with Gasteiger partial charge in [-0.05, 0) is 42.3 Å². The number of hydrogen-bond acceptors (Lipinski definition) is 3. The summed E-state index contributed by atoms with van der Waals surface area (Å²) in [4.78, 5) is 5.96. The zero-order valence-corrected chi connectivity index (χ0v) is 10.5. The first kappa shape index (κ1) is 12.1. The van der Waals surface area contributed by atoms with E-state index in [2.05, 4.69) is 23.2 Å². The van der Waals surface area contributed by atoms with E-state index in [9.17, 15) is 0 Å². The summed E-state index contributed by atoms with van der Waals surface area (Å²) >= 11 is 0. The summed E-state index contributed by atoms with van der Waals surface area (Å²) in [6, 6.07) is 14.2. The van der Waals surface area contributed by atoms with E-state index in [1.807, 2.05) is 43.1 Å². The molecule has 1 aromatic carbocycles. The van der Waals surface area contributed by atoms with Crippen LogP contribution in [0.2, 0.25) is 0 Å². The Kier molecular flexibility index (Phi) is 3.59. The number of pyridine rings is 1. The van der Waals surface area contributed by atoms with Crippen molar-refractivity contribution >= 4 is 5.69 Å². The molecule has 0 bridgehead atoms. The van der Waals surface area contributed by atoms with E-state index in [-0.39, 0.29) is 6.04 Å². The second-order valence-electron chi connectivity index (χ2n) is 4.20. The lowest BCUT2D eigenvalue weighted by molar-refractivity contribution is 0.835. The fraction of sp³-hybridized carbons (Fsp3) is 0.200. The molecule has 0 saturated heterocycles. The van der Waals surface area contributed by atoms with Crippen LogP contribution in [0.25, 0.3) is 11.1 Å². The van der Waals surface area contributed by atoms with Crippen LogP contribution < -0.4 is 4.90 Å². The third-order valence-electron chi connectivity index (χ3n) is 3.06. The van der Waals surface area contributed by atoms with E-state index in [4.69, 9.17) is 5.26 Å². The minimum absolute atomic E-state index is 0.128. The van der Waals surface area contributed by atoms with Crippen LogP contribution in [0, 0.1) is 11.3 Å². The van der Waals surface area contributed by atoms with E-state index in [1.54, 1.807) is 12.4 Å². The maximum atomic E-state index is 8.90. The van der Waals surface area contributed by atoms with Crippen molar-refractivity contribution in [3.8, 4) is 17.2 Å². The molecule has 0 aliphatic rings. The number of nitrogens with zero attached hydrogens (tertiary/aromatic N) is 3. The fourth-order valence-corrected chi connectivity index (χ4v) is 1.74. The summed E-state index contributed by atoms with van der Waals surface area (Å²) in [5.74, 6) is 0. The van der Waals surface area contributed by atoms with Crippen LogP contribution in [-0.4, -0.2) is 18.1 Å². The summed E-state index contributed by atoms with van der Waals surface area (Å²) < 4.78 is 0. The van der Waals surface area contributed by atoms with Gasteiger partial charge >= 0.3 is 0 Å². The van der Waals surface area contributed by atoms with Crippen molar-refractivity contribution in [2.75, 3.05) is 11.9 Å². The zero-order valence-electron chi connectivity index (χ0n) is 10.5. The number of nitriles is 1. The quantitative estimate of drug-likeness (QED) is 0.823. The van der Waals surface area contributed by atoms with E-state index >= 15 is 0 Å². The first-order valence-electron chi connectivity index (χ1n) is 5.85. The Hall–Kier alpha value is -2.34. The molecule has 3 heteroatoms. The predicted molar refractivity (Wildman–Crippen MR) is 73.2 cm³/mol. The van der Waals surface area contributed by atoms with Crippen LogP contribution in [-0.2, 0) is 0 Å². The molecule has 0 radical (unpaired) electrons. The number of benzene rings is 1. The van der Waals surface area contributed by atoms with E-state index in [0.717, 1.165) is 16.8 Å². The summed E-state index contributed by atoms with van der Waals surface area (Å²) in [7, 11) is 1.93. The lowest BCUT2D eigenvalue weighted by atomic mass is 10.1. The molecule has 0 saturated carbocycles. The Balaban J connectivity index is 2.24. The third kappa shape index (κ3) is 2.49. The van der Waals surface area contributed by atoms with Crippen LogP contribution in [0.1, 0.15) is 6.92 Å². The Labute approximate surface area is 107 Å². The molecule has 0 N–H and O–H groups in total. The average Bonchev–Trinajstić information content (AvgIpc) is 2.47. The second-order valence-corrected chi connectivity index (χ2v) is 4.20. The highest BCUT2D eigenvalue weighted by Gasteiger charge is 2.08. The first-order valence-corrected chi connectivity index (χ1v) is 5.85. The van der Waals surface area contributed by atoms with Gasteiger partial charge < -0.3 is 4.90 Å². The summed E-state index contributed by atoms with van der Waals surface area (Å²) in [6.07, 6.45) is 3.57. The van der Waals surface area contributed by atoms with Crippen LogP contribution >= 0.6 is 0 Å². The standard InChI is InChI=1S/C15H15N3/c1-12(11-16)18(2)15-5-3-13(4-6-15)14-7-9-17-10-8-14/h3-10,12H,1-2H3. The van der Waals surface area contributed by atoms with Gasteiger partial charge in [0.25, 0.3) is 0 Å². The van der Waals surface area contributed by atoms with Gasteiger partial charge in [-0.1, -0.05) is 12.1 Å². The van der Waals surface area contributed by atoms with Crippen LogP contribution in [0.5, 0.6) is 0 Å². The second kappa shape index (κ2) is 5.33. The molecule has 1 unspecified atom stereocenters. The lowest BCUT2D eigenvalue weighted by Gasteiger charge is -2.21. The molecule has 1 atom stereocenters. The zero-order chi connectivity index (χ0) is 13.0. The highest BCUT2D eigenvalue weighted by atomic mass is 15.1. The summed E-state index contributed by atoms with van der Waals surface area (Å²) in [5.41, 5.74) is 3.34. The number of aromatic nitrogens is 1. The fourth-order valence-electron chi connectivity index (χ4n) is 1.74. The molecule has 0 aliphatic heterocycles.